The lowest BCUT2D eigenvalue weighted by atomic mass is 10.2. The molecule has 2 N–H and O–H groups in total. The van der Waals surface area contributed by atoms with Crippen LogP contribution in [0.1, 0.15) is 9.67 Å². The molecule has 0 aliphatic carbocycles. The standard InChI is InChI=1S/C23H22ClFN4O5S/c1-33-10-9-29(27-22(31)21-20(24)15-4-2-3-5-18(15)35-21)23(32)26-14-6-7-17(16(25)12-14)28-8-11-34-13-19(28)30/h2-7,12H,8-11,13H2,1H3,(H,26,32)(H,27,31). The van der Waals surface area contributed by atoms with Gasteiger partial charge in [0.15, 0.2) is 0 Å². The highest BCUT2D eigenvalue weighted by molar-refractivity contribution is 7.21. The predicted molar refractivity (Wildman–Crippen MR) is 131 cm³/mol. The highest BCUT2D eigenvalue weighted by atomic mass is 35.5. The summed E-state index contributed by atoms with van der Waals surface area (Å²) in [5, 5.41) is 4.62. The van der Waals surface area contributed by atoms with E-state index in [1.807, 2.05) is 24.3 Å². The first-order chi connectivity index (χ1) is 16.9. The number of rotatable bonds is 6. The lowest BCUT2D eigenvalue weighted by molar-refractivity contribution is -0.125. The molecule has 35 heavy (non-hydrogen) atoms. The van der Waals surface area contributed by atoms with E-state index in [0.717, 1.165) is 21.2 Å². The van der Waals surface area contributed by atoms with Crippen LogP contribution in [-0.2, 0) is 14.3 Å². The summed E-state index contributed by atoms with van der Waals surface area (Å²) in [7, 11) is 1.46. The van der Waals surface area contributed by atoms with Crippen molar-refractivity contribution in [1.29, 1.82) is 0 Å². The smallest absolute Gasteiger partial charge is 0.340 e. The number of halogens is 2. The molecule has 4 amide bonds. The molecule has 3 aromatic rings. The lowest BCUT2D eigenvalue weighted by Crippen LogP contribution is -2.49. The highest BCUT2D eigenvalue weighted by Gasteiger charge is 2.25. The second kappa shape index (κ2) is 11.0. The van der Waals surface area contributed by atoms with Crippen LogP contribution in [0.15, 0.2) is 42.5 Å². The Morgan fingerprint density at radius 2 is 2.09 bits per heavy atom. The molecular formula is C23H22ClFN4O5S. The molecule has 12 heteroatoms. The van der Waals surface area contributed by atoms with E-state index in [-0.39, 0.29) is 48.5 Å². The maximum atomic E-state index is 14.7. The second-order valence-corrected chi connectivity index (χ2v) is 8.95. The molecule has 1 aliphatic heterocycles. The number of hydrogen-bond acceptors (Lipinski definition) is 6. The van der Waals surface area contributed by atoms with Crippen molar-refractivity contribution in [2.75, 3.05) is 50.2 Å². The number of anilines is 2. The SMILES string of the molecule is COCCN(NC(=O)c1sc2ccccc2c1Cl)C(=O)Nc1ccc(N2CCOCC2=O)c(F)c1. The summed E-state index contributed by atoms with van der Waals surface area (Å²) in [6, 6.07) is 10.6. The number of methoxy groups -OCH3 is 1. The monoisotopic (exact) mass is 520 g/mol. The van der Waals surface area contributed by atoms with Crippen molar-refractivity contribution in [3.05, 3.63) is 58.2 Å². The van der Waals surface area contributed by atoms with Gasteiger partial charge in [0.2, 0.25) is 0 Å². The van der Waals surface area contributed by atoms with E-state index < -0.39 is 17.8 Å². The van der Waals surface area contributed by atoms with Crippen LogP contribution in [0, 0.1) is 5.82 Å². The third-order valence-electron chi connectivity index (χ3n) is 5.22. The molecule has 184 valence electrons. The number of hydrazine groups is 1. The summed E-state index contributed by atoms with van der Waals surface area (Å²) in [6.07, 6.45) is 0. The van der Waals surface area contributed by atoms with Gasteiger partial charge in [0.05, 0.1) is 30.5 Å². The van der Waals surface area contributed by atoms with Gasteiger partial charge in [-0.2, -0.15) is 0 Å². The van der Waals surface area contributed by atoms with Crippen LogP contribution in [0.4, 0.5) is 20.6 Å². The minimum atomic E-state index is -0.706. The van der Waals surface area contributed by atoms with E-state index in [1.165, 1.54) is 35.5 Å². The van der Waals surface area contributed by atoms with Gasteiger partial charge in [-0.25, -0.2) is 14.2 Å². The molecular weight excluding hydrogens is 499 g/mol. The first kappa shape index (κ1) is 24.9. The number of nitrogens with zero attached hydrogens (tertiary/aromatic N) is 2. The molecule has 1 saturated heterocycles. The molecule has 1 fully saturated rings. The van der Waals surface area contributed by atoms with Gasteiger partial charge >= 0.3 is 6.03 Å². The maximum Gasteiger partial charge on any atom is 0.340 e. The number of benzene rings is 2. The molecule has 0 atom stereocenters. The topological polar surface area (TPSA) is 100 Å². The molecule has 0 bridgehead atoms. The molecule has 1 aromatic heterocycles. The maximum absolute atomic E-state index is 14.7. The Balaban J connectivity index is 1.48. The normalized spacial score (nSPS) is 13.7. The van der Waals surface area contributed by atoms with Crippen molar-refractivity contribution >= 4 is 62.2 Å². The number of nitrogens with one attached hydrogen (secondary N) is 2. The number of carbonyl (C=O) groups is 3. The van der Waals surface area contributed by atoms with Gasteiger partial charge in [-0.05, 0) is 24.3 Å². The van der Waals surface area contributed by atoms with Gasteiger partial charge in [0.25, 0.3) is 11.8 Å². The molecule has 0 spiro atoms. The van der Waals surface area contributed by atoms with Gasteiger partial charge in [0, 0.05) is 29.4 Å². The van der Waals surface area contributed by atoms with Crippen molar-refractivity contribution in [2.24, 2.45) is 0 Å². The summed E-state index contributed by atoms with van der Waals surface area (Å²) >= 11 is 7.59. The quantitative estimate of drug-likeness (QED) is 0.480. The van der Waals surface area contributed by atoms with Crippen LogP contribution in [-0.4, -0.2) is 62.9 Å². The fraction of sp³-hybridized carbons (Fsp3) is 0.261. The summed E-state index contributed by atoms with van der Waals surface area (Å²) in [5.74, 6) is -1.59. The van der Waals surface area contributed by atoms with Crippen LogP contribution < -0.4 is 15.6 Å². The lowest BCUT2D eigenvalue weighted by Gasteiger charge is -2.27. The Hall–Kier alpha value is -3.25. The van der Waals surface area contributed by atoms with E-state index in [4.69, 9.17) is 21.1 Å². The van der Waals surface area contributed by atoms with E-state index in [9.17, 15) is 18.8 Å². The Kier molecular flexibility index (Phi) is 7.81. The third kappa shape index (κ3) is 5.54. The van der Waals surface area contributed by atoms with Crippen LogP contribution in [0.5, 0.6) is 0 Å². The van der Waals surface area contributed by atoms with E-state index in [1.54, 1.807) is 0 Å². The number of fused-ring (bicyclic) bond motifs is 1. The molecule has 4 rings (SSSR count). The van der Waals surface area contributed by atoms with Crippen LogP contribution in [0.3, 0.4) is 0 Å². The Bertz CT molecular complexity index is 1270. The van der Waals surface area contributed by atoms with Crippen molar-refractivity contribution in [3.8, 4) is 0 Å². The molecule has 0 radical (unpaired) electrons. The highest BCUT2D eigenvalue weighted by Crippen LogP contribution is 2.35. The summed E-state index contributed by atoms with van der Waals surface area (Å²) in [6.45, 7) is 0.593. The van der Waals surface area contributed by atoms with Gasteiger partial charge in [-0.3, -0.25) is 15.0 Å². The predicted octanol–water partition coefficient (Wildman–Crippen LogP) is 3.88. The molecule has 0 saturated carbocycles. The van der Waals surface area contributed by atoms with Gasteiger partial charge in [-0.15, -0.1) is 11.3 Å². The Labute approximate surface area is 209 Å². The average molecular weight is 521 g/mol. The summed E-state index contributed by atoms with van der Waals surface area (Å²) < 4.78 is 25.7. The van der Waals surface area contributed by atoms with Crippen molar-refractivity contribution < 1.29 is 28.2 Å². The van der Waals surface area contributed by atoms with Crippen molar-refractivity contribution in [1.82, 2.24) is 10.4 Å². The molecule has 9 nitrogen and oxygen atoms in total. The summed E-state index contributed by atoms with van der Waals surface area (Å²) in [5.41, 5.74) is 2.79. The molecule has 0 unspecified atom stereocenters. The first-order valence-corrected chi connectivity index (χ1v) is 11.8. The molecule has 2 aromatic carbocycles. The Morgan fingerprint density at radius 3 is 2.80 bits per heavy atom. The van der Waals surface area contributed by atoms with Gasteiger partial charge < -0.3 is 19.7 Å². The zero-order chi connectivity index (χ0) is 24.9. The minimum absolute atomic E-state index is 0.0272. The zero-order valence-corrected chi connectivity index (χ0v) is 20.2. The minimum Gasteiger partial charge on any atom is -0.383 e. The first-order valence-electron chi connectivity index (χ1n) is 10.6. The Morgan fingerprint density at radius 1 is 1.29 bits per heavy atom. The van der Waals surface area contributed by atoms with E-state index >= 15 is 0 Å². The number of amides is 4. The molecule has 2 heterocycles. The van der Waals surface area contributed by atoms with Crippen molar-refractivity contribution in [3.63, 3.8) is 0 Å². The number of hydrogen-bond donors (Lipinski definition) is 2. The number of ether oxygens (including phenoxy) is 2. The van der Waals surface area contributed by atoms with E-state index in [0.29, 0.717) is 11.6 Å². The van der Waals surface area contributed by atoms with Gasteiger partial charge in [-0.1, -0.05) is 29.8 Å². The number of carbonyl (C=O) groups excluding carboxylic acids is 3. The fourth-order valence-electron chi connectivity index (χ4n) is 3.49. The van der Waals surface area contributed by atoms with E-state index in [2.05, 4.69) is 10.7 Å². The zero-order valence-electron chi connectivity index (χ0n) is 18.7. The van der Waals surface area contributed by atoms with Crippen LogP contribution >= 0.6 is 22.9 Å². The van der Waals surface area contributed by atoms with Crippen LogP contribution in [0.25, 0.3) is 10.1 Å². The number of urea groups is 1. The second-order valence-electron chi connectivity index (χ2n) is 7.52. The fourth-order valence-corrected chi connectivity index (χ4v) is 4.90. The largest absolute Gasteiger partial charge is 0.383 e. The average Bonchev–Trinajstić information content (AvgIpc) is 3.19. The van der Waals surface area contributed by atoms with Crippen LogP contribution in [0.2, 0.25) is 5.02 Å². The molecule has 1 aliphatic rings. The number of morpholine rings is 1. The third-order valence-corrected chi connectivity index (χ3v) is 6.89. The summed E-state index contributed by atoms with van der Waals surface area (Å²) in [4.78, 5) is 39.4. The number of thiophene rings is 1. The van der Waals surface area contributed by atoms with Gasteiger partial charge in [0.1, 0.15) is 17.3 Å². The van der Waals surface area contributed by atoms with Crippen molar-refractivity contribution in [2.45, 2.75) is 0 Å².